The Morgan fingerprint density at radius 3 is 2.73 bits per heavy atom. The number of nitrogens with zero attached hydrogens (tertiary/aromatic N) is 3. The van der Waals surface area contributed by atoms with E-state index in [1.165, 1.54) is 18.8 Å². The molecule has 0 aliphatic carbocycles. The van der Waals surface area contributed by atoms with Crippen molar-refractivity contribution in [1.29, 1.82) is 0 Å². The standard InChI is InChI=1S/C19H28N4O3/c1-13(2)6-7-22-10-14-4-5-16(22)12-23(11-14)17(24)8-15-9-20-19(26)21(3)18(15)25/h6,9,14,16H,4-5,7-8,10-12H2,1-3H3,(H,20,26)/t14-,16-/m1/s1. The molecule has 4 heterocycles. The molecule has 0 aromatic carbocycles. The topological polar surface area (TPSA) is 78.4 Å². The highest BCUT2D eigenvalue weighted by Crippen LogP contribution is 2.28. The smallest absolute Gasteiger partial charge is 0.328 e. The number of aromatic amines is 1. The van der Waals surface area contributed by atoms with Gasteiger partial charge in [0, 0.05) is 51.0 Å². The molecule has 3 aliphatic rings. The van der Waals surface area contributed by atoms with Crippen LogP contribution in [0.3, 0.4) is 0 Å². The number of allylic oxidation sites excluding steroid dienone is 1. The Morgan fingerprint density at radius 1 is 1.23 bits per heavy atom. The molecule has 1 amide bonds. The third-order valence-electron chi connectivity index (χ3n) is 5.51. The van der Waals surface area contributed by atoms with Gasteiger partial charge < -0.3 is 9.88 Å². The number of hydrogen-bond acceptors (Lipinski definition) is 4. The molecule has 1 aromatic rings. The van der Waals surface area contributed by atoms with Crippen molar-refractivity contribution in [3.05, 3.63) is 44.2 Å². The zero-order valence-electron chi connectivity index (χ0n) is 15.8. The van der Waals surface area contributed by atoms with E-state index in [2.05, 4.69) is 29.8 Å². The van der Waals surface area contributed by atoms with Crippen LogP contribution in [0.15, 0.2) is 27.4 Å². The van der Waals surface area contributed by atoms with Crippen LogP contribution in [0.5, 0.6) is 0 Å². The van der Waals surface area contributed by atoms with Gasteiger partial charge in [0.15, 0.2) is 0 Å². The second kappa shape index (κ2) is 7.61. The number of carbonyl (C=O) groups is 1. The molecule has 7 heteroatoms. The van der Waals surface area contributed by atoms with E-state index in [0.29, 0.717) is 17.5 Å². The van der Waals surface area contributed by atoms with Crippen molar-refractivity contribution in [2.24, 2.45) is 13.0 Å². The van der Waals surface area contributed by atoms with E-state index >= 15 is 0 Å². The second-order valence-electron chi connectivity index (χ2n) is 7.79. The molecule has 0 unspecified atom stereocenters. The van der Waals surface area contributed by atoms with Gasteiger partial charge >= 0.3 is 5.69 Å². The van der Waals surface area contributed by atoms with E-state index in [-0.39, 0.29) is 12.3 Å². The summed E-state index contributed by atoms with van der Waals surface area (Å²) in [7, 11) is 1.42. The lowest BCUT2D eigenvalue weighted by atomic mass is 9.95. The van der Waals surface area contributed by atoms with Gasteiger partial charge in [-0.25, -0.2) is 4.79 Å². The Kier molecular flexibility index (Phi) is 5.46. The molecule has 7 nitrogen and oxygen atoms in total. The number of aromatic nitrogens is 2. The fraction of sp³-hybridized carbons (Fsp3) is 0.632. The maximum Gasteiger partial charge on any atom is 0.328 e. The first-order valence-corrected chi connectivity index (χ1v) is 9.28. The van der Waals surface area contributed by atoms with Gasteiger partial charge in [0.1, 0.15) is 0 Å². The SMILES string of the molecule is CC(C)=CCN1C[C@H]2CC[C@@H]1CN(C(=O)Cc1c[nH]c(=O)n(C)c1=O)C2. The number of hydrogen-bond donors (Lipinski definition) is 1. The maximum absolute atomic E-state index is 12.8. The summed E-state index contributed by atoms with van der Waals surface area (Å²) in [6.07, 6.45) is 5.93. The van der Waals surface area contributed by atoms with Crippen LogP contribution >= 0.6 is 0 Å². The maximum atomic E-state index is 12.8. The van der Waals surface area contributed by atoms with Crippen LogP contribution in [-0.4, -0.2) is 57.5 Å². The van der Waals surface area contributed by atoms with Crippen LogP contribution < -0.4 is 11.2 Å². The van der Waals surface area contributed by atoms with Crippen molar-refractivity contribution in [3.63, 3.8) is 0 Å². The summed E-state index contributed by atoms with van der Waals surface area (Å²) in [5, 5.41) is 0. The number of amides is 1. The number of H-pyrrole nitrogens is 1. The van der Waals surface area contributed by atoms with Gasteiger partial charge in [-0.3, -0.25) is 19.1 Å². The highest BCUT2D eigenvalue weighted by molar-refractivity contribution is 5.78. The predicted molar refractivity (Wildman–Crippen MR) is 100 cm³/mol. The Bertz CT molecular complexity index is 819. The third-order valence-corrected chi connectivity index (χ3v) is 5.51. The first-order valence-electron chi connectivity index (χ1n) is 9.28. The molecule has 3 fully saturated rings. The first-order chi connectivity index (χ1) is 12.3. The Morgan fingerprint density at radius 2 is 2.00 bits per heavy atom. The van der Waals surface area contributed by atoms with Crippen LogP contribution in [0.2, 0.25) is 0 Å². The average molecular weight is 360 g/mol. The summed E-state index contributed by atoms with van der Waals surface area (Å²) in [4.78, 5) is 43.4. The molecular formula is C19H28N4O3. The summed E-state index contributed by atoms with van der Waals surface area (Å²) in [5.41, 5.74) is 0.793. The Hall–Kier alpha value is -2.15. The molecule has 1 aromatic heterocycles. The van der Waals surface area contributed by atoms with Gasteiger partial charge in [0.2, 0.25) is 5.91 Å². The van der Waals surface area contributed by atoms with Crippen molar-refractivity contribution >= 4 is 5.91 Å². The van der Waals surface area contributed by atoms with Crippen molar-refractivity contribution < 1.29 is 4.79 Å². The Balaban J connectivity index is 1.71. The summed E-state index contributed by atoms with van der Waals surface area (Å²) in [6, 6.07) is 0.381. The summed E-state index contributed by atoms with van der Waals surface area (Å²) < 4.78 is 1.01. The van der Waals surface area contributed by atoms with Gasteiger partial charge in [-0.05, 0) is 32.6 Å². The zero-order valence-corrected chi connectivity index (χ0v) is 15.8. The van der Waals surface area contributed by atoms with E-state index in [0.717, 1.165) is 43.6 Å². The number of rotatable bonds is 4. The summed E-state index contributed by atoms with van der Waals surface area (Å²) in [6.45, 7) is 7.65. The van der Waals surface area contributed by atoms with Crippen molar-refractivity contribution in [2.45, 2.75) is 39.2 Å². The molecule has 0 radical (unpaired) electrons. The average Bonchev–Trinajstić information content (AvgIpc) is 2.92. The minimum atomic E-state index is -0.464. The summed E-state index contributed by atoms with van der Waals surface area (Å²) in [5.74, 6) is 0.455. The summed E-state index contributed by atoms with van der Waals surface area (Å²) >= 11 is 0. The lowest BCUT2D eigenvalue weighted by molar-refractivity contribution is -0.130. The highest BCUT2D eigenvalue weighted by Gasteiger charge is 2.35. The molecule has 4 rings (SSSR count). The van der Waals surface area contributed by atoms with Crippen LogP contribution in [0.4, 0.5) is 0 Å². The largest absolute Gasteiger partial charge is 0.341 e. The van der Waals surface area contributed by atoms with E-state index in [1.54, 1.807) is 0 Å². The minimum absolute atomic E-state index is 0.0323. The number of nitrogens with one attached hydrogen (secondary N) is 1. The quantitative estimate of drug-likeness (QED) is 0.794. The second-order valence-corrected chi connectivity index (χ2v) is 7.79. The van der Waals surface area contributed by atoms with Gasteiger partial charge in [0.25, 0.3) is 5.56 Å². The lowest BCUT2D eigenvalue weighted by Gasteiger charge is -2.35. The van der Waals surface area contributed by atoms with E-state index < -0.39 is 11.2 Å². The van der Waals surface area contributed by atoms with Gasteiger partial charge in [-0.1, -0.05) is 11.6 Å². The molecule has 2 bridgehead atoms. The fourth-order valence-electron chi connectivity index (χ4n) is 3.92. The van der Waals surface area contributed by atoms with Gasteiger partial charge in [-0.2, -0.15) is 0 Å². The number of carbonyl (C=O) groups excluding carboxylic acids is 1. The van der Waals surface area contributed by atoms with Crippen LogP contribution in [-0.2, 0) is 18.3 Å². The predicted octanol–water partition coefficient (Wildman–Crippen LogP) is 0.505. The normalized spacial score (nSPS) is 23.0. The lowest BCUT2D eigenvalue weighted by Crippen LogP contribution is -2.45. The molecule has 3 aliphatic heterocycles. The Labute approximate surface area is 153 Å². The number of fused-ring (bicyclic) bond motifs is 4. The van der Waals surface area contributed by atoms with Crippen molar-refractivity contribution in [3.8, 4) is 0 Å². The molecule has 3 saturated heterocycles. The molecule has 0 spiro atoms. The fourth-order valence-corrected chi connectivity index (χ4v) is 3.92. The van der Waals surface area contributed by atoms with Crippen LogP contribution in [0.25, 0.3) is 0 Å². The van der Waals surface area contributed by atoms with Crippen molar-refractivity contribution in [1.82, 2.24) is 19.4 Å². The molecule has 0 saturated carbocycles. The number of piperidine rings is 1. The molecule has 26 heavy (non-hydrogen) atoms. The monoisotopic (exact) mass is 360 g/mol. The molecule has 1 N–H and O–H groups in total. The third kappa shape index (κ3) is 3.98. The van der Waals surface area contributed by atoms with E-state index in [1.807, 2.05) is 4.90 Å². The van der Waals surface area contributed by atoms with Crippen molar-refractivity contribution in [2.75, 3.05) is 26.2 Å². The van der Waals surface area contributed by atoms with E-state index in [4.69, 9.17) is 0 Å². The van der Waals surface area contributed by atoms with E-state index in [9.17, 15) is 14.4 Å². The highest BCUT2D eigenvalue weighted by atomic mass is 16.2. The van der Waals surface area contributed by atoms with Crippen LogP contribution in [0.1, 0.15) is 32.3 Å². The molecule has 142 valence electrons. The van der Waals surface area contributed by atoms with Gasteiger partial charge in [-0.15, -0.1) is 0 Å². The van der Waals surface area contributed by atoms with Crippen LogP contribution in [0, 0.1) is 5.92 Å². The minimum Gasteiger partial charge on any atom is -0.341 e. The molecular weight excluding hydrogens is 332 g/mol. The first kappa shape index (κ1) is 18.6. The molecule has 2 atom stereocenters. The zero-order chi connectivity index (χ0) is 18.8. The van der Waals surface area contributed by atoms with Gasteiger partial charge in [0.05, 0.1) is 6.42 Å².